The van der Waals surface area contributed by atoms with E-state index in [2.05, 4.69) is 20.6 Å². The van der Waals surface area contributed by atoms with E-state index in [0.717, 1.165) is 0 Å². The fraction of sp³-hybridized carbons (Fsp3) is 0.353. The van der Waals surface area contributed by atoms with Gasteiger partial charge in [0.1, 0.15) is 0 Å². The summed E-state index contributed by atoms with van der Waals surface area (Å²) in [7, 11) is -3.19. The minimum atomic E-state index is -3.19. The Balaban J connectivity index is 1.44. The molecule has 0 aliphatic carbocycles. The van der Waals surface area contributed by atoms with Crippen LogP contribution in [0.25, 0.3) is 0 Å². The molecule has 1 aliphatic heterocycles. The first-order chi connectivity index (χ1) is 12.5. The van der Waals surface area contributed by atoms with Gasteiger partial charge >= 0.3 is 0 Å². The van der Waals surface area contributed by atoms with Crippen LogP contribution in [-0.4, -0.2) is 43.1 Å². The van der Waals surface area contributed by atoms with Crippen LogP contribution in [0.15, 0.2) is 42.7 Å². The molecule has 26 heavy (non-hydrogen) atoms. The molecular formula is C17H21N5O3S. The Morgan fingerprint density at radius 1 is 1.15 bits per heavy atom. The van der Waals surface area contributed by atoms with Crippen LogP contribution < -0.4 is 14.9 Å². The summed E-state index contributed by atoms with van der Waals surface area (Å²) < 4.78 is 25.2. The number of carbonyl (C=O) groups excluding carboxylic acids is 1. The third-order valence-electron chi connectivity index (χ3n) is 3.97. The molecule has 0 spiro atoms. The first kappa shape index (κ1) is 18.1. The van der Waals surface area contributed by atoms with Gasteiger partial charge in [0.2, 0.25) is 21.9 Å². The smallest absolute Gasteiger partial charge is 0.235 e. The normalized spacial score (nSPS) is 15.6. The Morgan fingerprint density at radius 3 is 2.54 bits per heavy atom. The number of benzene rings is 1. The standard InChI is InChI=1S/C17H21N5O3S/c23-16(4-1-9-18-17-19-10-2-11-20-17)21-14-5-7-15(8-6-14)22-12-3-13-26(22,24)25/h2,5-8,10-11H,1,3-4,9,12-13H2,(H,21,23)(H,18,19,20). The van der Waals surface area contributed by atoms with Gasteiger partial charge < -0.3 is 10.6 Å². The number of nitrogens with one attached hydrogen (secondary N) is 2. The van der Waals surface area contributed by atoms with E-state index in [1.54, 1.807) is 42.7 Å². The summed E-state index contributed by atoms with van der Waals surface area (Å²) in [5, 5.41) is 5.86. The lowest BCUT2D eigenvalue weighted by Gasteiger charge is -2.17. The molecule has 2 aromatic rings. The molecule has 2 heterocycles. The van der Waals surface area contributed by atoms with Crippen molar-refractivity contribution < 1.29 is 13.2 Å². The molecule has 0 saturated carbocycles. The zero-order valence-corrected chi connectivity index (χ0v) is 15.1. The second-order valence-electron chi connectivity index (χ2n) is 5.94. The highest BCUT2D eigenvalue weighted by Gasteiger charge is 2.28. The fourth-order valence-electron chi connectivity index (χ4n) is 2.70. The highest BCUT2D eigenvalue weighted by molar-refractivity contribution is 7.93. The second kappa shape index (κ2) is 8.13. The molecular weight excluding hydrogens is 354 g/mol. The largest absolute Gasteiger partial charge is 0.354 e. The van der Waals surface area contributed by atoms with Gasteiger partial charge in [0.25, 0.3) is 0 Å². The number of hydrogen-bond donors (Lipinski definition) is 2. The Kier molecular flexibility index (Phi) is 5.67. The first-order valence-electron chi connectivity index (χ1n) is 8.46. The average Bonchev–Trinajstić information content (AvgIpc) is 2.99. The van der Waals surface area contributed by atoms with Crippen molar-refractivity contribution in [1.82, 2.24) is 9.97 Å². The average molecular weight is 375 g/mol. The van der Waals surface area contributed by atoms with Crippen LogP contribution in [0.5, 0.6) is 0 Å². The molecule has 0 atom stereocenters. The molecule has 8 nitrogen and oxygen atoms in total. The molecule has 138 valence electrons. The van der Waals surface area contributed by atoms with Crippen LogP contribution >= 0.6 is 0 Å². The topological polar surface area (TPSA) is 104 Å². The second-order valence-corrected chi connectivity index (χ2v) is 7.95. The number of anilines is 3. The number of nitrogens with zero attached hydrogens (tertiary/aromatic N) is 3. The van der Waals surface area contributed by atoms with Gasteiger partial charge in [-0.1, -0.05) is 0 Å². The maximum absolute atomic E-state index is 12.0. The summed E-state index contributed by atoms with van der Waals surface area (Å²) in [4.78, 5) is 20.1. The zero-order valence-electron chi connectivity index (χ0n) is 14.3. The third kappa shape index (κ3) is 4.69. The summed E-state index contributed by atoms with van der Waals surface area (Å²) in [6, 6.07) is 8.61. The Bertz CT molecular complexity index is 840. The zero-order chi connectivity index (χ0) is 18.4. The molecule has 0 unspecified atom stereocenters. The number of sulfonamides is 1. The summed E-state index contributed by atoms with van der Waals surface area (Å²) in [6.07, 6.45) is 4.96. The van der Waals surface area contributed by atoms with E-state index in [0.29, 0.717) is 49.7 Å². The van der Waals surface area contributed by atoms with Gasteiger partial charge in [-0.25, -0.2) is 18.4 Å². The predicted molar refractivity (Wildman–Crippen MR) is 101 cm³/mol. The van der Waals surface area contributed by atoms with Crippen LogP contribution in [-0.2, 0) is 14.8 Å². The number of carbonyl (C=O) groups is 1. The number of hydrogen-bond acceptors (Lipinski definition) is 6. The van der Waals surface area contributed by atoms with Crippen LogP contribution in [0.1, 0.15) is 19.3 Å². The molecule has 3 rings (SSSR count). The maximum Gasteiger partial charge on any atom is 0.235 e. The molecule has 2 N–H and O–H groups in total. The number of aromatic nitrogens is 2. The molecule has 1 aromatic heterocycles. The minimum Gasteiger partial charge on any atom is -0.354 e. The summed E-state index contributed by atoms with van der Waals surface area (Å²) in [5.41, 5.74) is 1.28. The van der Waals surface area contributed by atoms with Crippen molar-refractivity contribution in [2.24, 2.45) is 0 Å². The fourth-order valence-corrected chi connectivity index (χ4v) is 4.27. The Morgan fingerprint density at radius 2 is 1.88 bits per heavy atom. The van der Waals surface area contributed by atoms with Crippen molar-refractivity contribution in [1.29, 1.82) is 0 Å². The lowest BCUT2D eigenvalue weighted by atomic mass is 10.2. The molecule has 9 heteroatoms. The van der Waals surface area contributed by atoms with Crippen molar-refractivity contribution >= 4 is 33.3 Å². The summed E-state index contributed by atoms with van der Waals surface area (Å²) in [5.74, 6) is 0.635. The van der Waals surface area contributed by atoms with Gasteiger partial charge in [-0.05, 0) is 43.2 Å². The molecule has 1 aliphatic rings. The first-order valence-corrected chi connectivity index (χ1v) is 10.1. The molecule has 1 fully saturated rings. The van der Waals surface area contributed by atoms with E-state index < -0.39 is 10.0 Å². The van der Waals surface area contributed by atoms with Gasteiger partial charge in [0.05, 0.1) is 11.4 Å². The highest BCUT2D eigenvalue weighted by atomic mass is 32.2. The molecule has 0 radical (unpaired) electrons. The van der Waals surface area contributed by atoms with Gasteiger partial charge in [-0.15, -0.1) is 0 Å². The van der Waals surface area contributed by atoms with Gasteiger partial charge in [0, 0.05) is 37.6 Å². The lowest BCUT2D eigenvalue weighted by Crippen LogP contribution is -2.25. The van der Waals surface area contributed by atoms with Crippen LogP contribution in [0.2, 0.25) is 0 Å². The molecule has 1 saturated heterocycles. The predicted octanol–water partition coefficient (Wildman–Crippen LogP) is 1.85. The highest BCUT2D eigenvalue weighted by Crippen LogP contribution is 2.25. The lowest BCUT2D eigenvalue weighted by molar-refractivity contribution is -0.116. The molecule has 1 amide bonds. The van der Waals surface area contributed by atoms with Crippen LogP contribution in [0.4, 0.5) is 17.3 Å². The van der Waals surface area contributed by atoms with E-state index in [1.807, 2.05) is 0 Å². The van der Waals surface area contributed by atoms with E-state index in [1.165, 1.54) is 4.31 Å². The monoisotopic (exact) mass is 375 g/mol. The van der Waals surface area contributed by atoms with E-state index in [9.17, 15) is 13.2 Å². The number of amides is 1. The van der Waals surface area contributed by atoms with E-state index in [4.69, 9.17) is 0 Å². The van der Waals surface area contributed by atoms with Crippen molar-refractivity contribution in [2.75, 3.05) is 33.8 Å². The summed E-state index contributed by atoms with van der Waals surface area (Å²) in [6.45, 7) is 1.11. The molecule has 1 aromatic carbocycles. The molecule has 0 bridgehead atoms. The van der Waals surface area contributed by atoms with Crippen molar-refractivity contribution in [2.45, 2.75) is 19.3 Å². The van der Waals surface area contributed by atoms with Crippen molar-refractivity contribution in [3.63, 3.8) is 0 Å². The van der Waals surface area contributed by atoms with Crippen LogP contribution in [0, 0.1) is 0 Å². The maximum atomic E-state index is 12.0. The Hall–Kier alpha value is -2.68. The minimum absolute atomic E-state index is 0.0951. The van der Waals surface area contributed by atoms with Gasteiger partial charge in [0.15, 0.2) is 0 Å². The Labute approximate surface area is 152 Å². The summed E-state index contributed by atoms with van der Waals surface area (Å²) >= 11 is 0. The SMILES string of the molecule is O=C(CCCNc1ncccn1)Nc1ccc(N2CCCS2(=O)=O)cc1. The van der Waals surface area contributed by atoms with E-state index in [-0.39, 0.29) is 11.7 Å². The van der Waals surface area contributed by atoms with E-state index >= 15 is 0 Å². The third-order valence-corrected chi connectivity index (χ3v) is 5.84. The quantitative estimate of drug-likeness (QED) is 0.716. The van der Waals surface area contributed by atoms with Crippen molar-refractivity contribution in [3.05, 3.63) is 42.7 Å². The van der Waals surface area contributed by atoms with Crippen molar-refractivity contribution in [3.8, 4) is 0 Å². The number of rotatable bonds is 7. The van der Waals surface area contributed by atoms with Gasteiger partial charge in [-0.2, -0.15) is 0 Å². The van der Waals surface area contributed by atoms with Gasteiger partial charge in [-0.3, -0.25) is 9.10 Å². The van der Waals surface area contributed by atoms with Crippen LogP contribution in [0.3, 0.4) is 0 Å².